The molecule has 2 aromatic heterocycles. The molecule has 0 amide bonds. The molecule has 0 radical (unpaired) electrons. The summed E-state index contributed by atoms with van der Waals surface area (Å²) in [5.41, 5.74) is 0. The van der Waals surface area contributed by atoms with E-state index in [0.29, 0.717) is 11.5 Å². The molecule has 0 bridgehead atoms. The van der Waals surface area contributed by atoms with E-state index in [1.807, 2.05) is 0 Å². The third kappa shape index (κ3) is 3.07. The van der Waals surface area contributed by atoms with Crippen molar-refractivity contribution in [3.8, 4) is 5.75 Å². The van der Waals surface area contributed by atoms with E-state index in [-0.39, 0.29) is 12.4 Å². The Morgan fingerprint density at radius 3 is 2.94 bits per heavy atom. The van der Waals surface area contributed by atoms with Crippen molar-refractivity contribution in [3.63, 3.8) is 0 Å². The Morgan fingerprint density at radius 1 is 1.47 bits per heavy atom. The summed E-state index contributed by atoms with van der Waals surface area (Å²) in [4.78, 5) is 14.5. The van der Waals surface area contributed by atoms with Gasteiger partial charge in [0.2, 0.25) is 5.76 Å². The van der Waals surface area contributed by atoms with E-state index in [2.05, 4.69) is 20.9 Å². The van der Waals surface area contributed by atoms with Gasteiger partial charge in [-0.15, -0.1) is 0 Å². The summed E-state index contributed by atoms with van der Waals surface area (Å²) < 4.78 is 11.2. The molecule has 6 heteroatoms. The summed E-state index contributed by atoms with van der Waals surface area (Å²) >= 11 is 3.27. The van der Waals surface area contributed by atoms with Gasteiger partial charge in [-0.3, -0.25) is 4.98 Å². The zero-order valence-corrected chi connectivity index (χ0v) is 10.2. The van der Waals surface area contributed by atoms with Crippen molar-refractivity contribution in [2.45, 2.75) is 6.61 Å². The fourth-order valence-corrected chi connectivity index (χ4v) is 1.54. The van der Waals surface area contributed by atoms with E-state index in [0.717, 1.165) is 4.47 Å². The Hall–Kier alpha value is -1.82. The van der Waals surface area contributed by atoms with Gasteiger partial charge in [-0.2, -0.15) is 0 Å². The maximum absolute atomic E-state index is 10.6. The summed E-state index contributed by atoms with van der Waals surface area (Å²) in [7, 11) is 0. The van der Waals surface area contributed by atoms with E-state index in [1.54, 1.807) is 24.5 Å². The molecule has 0 spiro atoms. The number of carboxylic acid groups (broad SMARTS) is 1. The Labute approximate surface area is 105 Å². The molecule has 5 nitrogen and oxygen atoms in total. The molecule has 0 fully saturated rings. The van der Waals surface area contributed by atoms with Crippen molar-refractivity contribution < 1.29 is 19.1 Å². The molecule has 17 heavy (non-hydrogen) atoms. The molecule has 0 unspecified atom stereocenters. The van der Waals surface area contributed by atoms with Crippen molar-refractivity contribution in [3.05, 3.63) is 46.6 Å². The van der Waals surface area contributed by atoms with E-state index in [4.69, 9.17) is 14.3 Å². The minimum absolute atomic E-state index is 0.101. The zero-order valence-electron chi connectivity index (χ0n) is 8.59. The van der Waals surface area contributed by atoms with Crippen LogP contribution in [-0.4, -0.2) is 16.1 Å². The van der Waals surface area contributed by atoms with Crippen LogP contribution in [0, 0.1) is 0 Å². The van der Waals surface area contributed by atoms with Crippen LogP contribution in [0.2, 0.25) is 0 Å². The van der Waals surface area contributed by atoms with Crippen LogP contribution in [0.1, 0.15) is 16.3 Å². The number of carboxylic acids is 1. The number of nitrogens with zero attached hydrogens (tertiary/aromatic N) is 1. The van der Waals surface area contributed by atoms with Crippen LogP contribution < -0.4 is 4.74 Å². The summed E-state index contributed by atoms with van der Waals surface area (Å²) in [6.07, 6.45) is 3.20. The van der Waals surface area contributed by atoms with Crippen LogP contribution in [0.25, 0.3) is 0 Å². The lowest BCUT2D eigenvalue weighted by Gasteiger charge is -2.03. The molecule has 88 valence electrons. The SMILES string of the molecule is O=C(O)c1ccc(COc2cncc(Br)c2)o1. The van der Waals surface area contributed by atoms with Gasteiger partial charge in [-0.25, -0.2) is 4.79 Å². The molecule has 2 rings (SSSR count). The maximum Gasteiger partial charge on any atom is 0.371 e. The molecule has 0 saturated carbocycles. The Morgan fingerprint density at radius 2 is 2.29 bits per heavy atom. The number of pyridine rings is 1. The van der Waals surface area contributed by atoms with Gasteiger partial charge in [-0.05, 0) is 34.1 Å². The largest absolute Gasteiger partial charge is 0.484 e. The first-order valence-electron chi connectivity index (χ1n) is 4.70. The Balaban J connectivity index is 2.00. The van der Waals surface area contributed by atoms with Crippen molar-refractivity contribution in [1.29, 1.82) is 0 Å². The number of aromatic carboxylic acids is 1. The lowest BCUT2D eigenvalue weighted by atomic mass is 10.4. The second kappa shape index (κ2) is 5.01. The summed E-state index contributed by atoms with van der Waals surface area (Å²) in [6, 6.07) is 4.71. The van der Waals surface area contributed by atoms with Crippen molar-refractivity contribution in [2.75, 3.05) is 0 Å². The second-order valence-electron chi connectivity index (χ2n) is 3.20. The highest BCUT2D eigenvalue weighted by Gasteiger charge is 2.09. The van der Waals surface area contributed by atoms with Crippen molar-refractivity contribution in [1.82, 2.24) is 4.98 Å². The number of hydrogen-bond acceptors (Lipinski definition) is 4. The van der Waals surface area contributed by atoms with Crippen molar-refractivity contribution in [2.24, 2.45) is 0 Å². The molecular formula is C11H8BrNO4. The molecule has 2 heterocycles. The first-order valence-corrected chi connectivity index (χ1v) is 5.50. The molecule has 2 aromatic rings. The van der Waals surface area contributed by atoms with Gasteiger partial charge in [-0.1, -0.05) is 0 Å². The van der Waals surface area contributed by atoms with Crippen molar-refractivity contribution >= 4 is 21.9 Å². The van der Waals surface area contributed by atoms with Gasteiger partial charge in [0.1, 0.15) is 18.1 Å². The van der Waals surface area contributed by atoms with Gasteiger partial charge in [0.05, 0.1) is 6.20 Å². The highest BCUT2D eigenvalue weighted by molar-refractivity contribution is 9.10. The smallest absolute Gasteiger partial charge is 0.371 e. The first kappa shape index (κ1) is 11.7. The highest BCUT2D eigenvalue weighted by atomic mass is 79.9. The first-order chi connectivity index (χ1) is 8.15. The molecule has 0 aromatic carbocycles. The van der Waals surface area contributed by atoms with Crippen LogP contribution in [-0.2, 0) is 6.61 Å². The summed E-state index contributed by atoms with van der Waals surface area (Å²) in [5, 5.41) is 8.67. The fourth-order valence-electron chi connectivity index (χ4n) is 1.20. The predicted octanol–water partition coefficient (Wildman–Crippen LogP) is 2.71. The molecule has 0 aliphatic carbocycles. The maximum atomic E-state index is 10.6. The minimum atomic E-state index is -1.10. The molecular weight excluding hydrogens is 290 g/mol. The second-order valence-corrected chi connectivity index (χ2v) is 4.11. The lowest BCUT2D eigenvalue weighted by molar-refractivity contribution is 0.0658. The average Bonchev–Trinajstić information content (AvgIpc) is 2.75. The van der Waals surface area contributed by atoms with Crippen LogP contribution in [0.3, 0.4) is 0 Å². The number of ether oxygens (including phenoxy) is 1. The number of furan rings is 1. The number of aromatic nitrogens is 1. The molecule has 0 atom stereocenters. The summed E-state index contributed by atoms with van der Waals surface area (Å²) in [5.74, 6) is -0.175. The van der Waals surface area contributed by atoms with E-state index < -0.39 is 5.97 Å². The van der Waals surface area contributed by atoms with Gasteiger partial charge in [0.15, 0.2) is 0 Å². The minimum Gasteiger partial charge on any atom is -0.484 e. The average molecular weight is 298 g/mol. The quantitative estimate of drug-likeness (QED) is 0.939. The lowest BCUT2D eigenvalue weighted by Crippen LogP contribution is -1.95. The highest BCUT2D eigenvalue weighted by Crippen LogP contribution is 2.17. The third-order valence-corrected chi connectivity index (χ3v) is 2.37. The predicted molar refractivity (Wildman–Crippen MR) is 61.9 cm³/mol. The Kier molecular flexibility index (Phi) is 3.43. The number of rotatable bonds is 4. The zero-order chi connectivity index (χ0) is 12.3. The molecule has 0 saturated heterocycles. The third-order valence-electron chi connectivity index (χ3n) is 1.93. The van der Waals surface area contributed by atoms with Gasteiger partial charge in [0, 0.05) is 10.7 Å². The fraction of sp³-hybridized carbons (Fsp3) is 0.0909. The standard InChI is InChI=1S/C11H8BrNO4/c12-7-3-9(5-13-4-7)16-6-8-1-2-10(17-8)11(14)15/h1-5H,6H2,(H,14,15). The molecule has 0 aliphatic heterocycles. The van der Waals surface area contributed by atoms with E-state index in [1.165, 1.54) is 6.07 Å². The normalized spacial score (nSPS) is 10.2. The topological polar surface area (TPSA) is 72.6 Å². The Bertz CT molecular complexity index is 538. The van der Waals surface area contributed by atoms with Crippen LogP contribution >= 0.6 is 15.9 Å². The van der Waals surface area contributed by atoms with E-state index in [9.17, 15) is 4.79 Å². The molecule has 1 N–H and O–H groups in total. The number of halogens is 1. The number of hydrogen-bond donors (Lipinski definition) is 1. The number of carbonyl (C=O) groups is 1. The molecule has 0 aliphatic rings. The van der Waals surface area contributed by atoms with Crippen LogP contribution in [0.4, 0.5) is 0 Å². The van der Waals surface area contributed by atoms with Crippen LogP contribution in [0.5, 0.6) is 5.75 Å². The van der Waals surface area contributed by atoms with Gasteiger partial charge >= 0.3 is 5.97 Å². The van der Waals surface area contributed by atoms with Gasteiger partial charge < -0.3 is 14.3 Å². The van der Waals surface area contributed by atoms with Crippen LogP contribution in [0.15, 0.2) is 39.5 Å². The summed E-state index contributed by atoms with van der Waals surface area (Å²) in [6.45, 7) is 0.158. The monoisotopic (exact) mass is 297 g/mol. The van der Waals surface area contributed by atoms with Gasteiger partial charge in [0.25, 0.3) is 0 Å². The van der Waals surface area contributed by atoms with E-state index >= 15 is 0 Å².